The fraction of sp³-hybridized carbons (Fsp3) is 0.529. The number of hydrogen-bond acceptors (Lipinski definition) is 5. The average Bonchev–Trinajstić information content (AvgIpc) is 3.07. The van der Waals surface area contributed by atoms with Crippen molar-refractivity contribution in [2.45, 2.75) is 25.8 Å². The summed E-state index contributed by atoms with van der Waals surface area (Å²) < 4.78 is 11.1. The molecule has 1 N–H and O–H groups in total. The Morgan fingerprint density at radius 1 is 1.39 bits per heavy atom. The molecule has 0 aliphatic carbocycles. The van der Waals surface area contributed by atoms with E-state index in [1.807, 2.05) is 24.3 Å². The topological polar surface area (TPSA) is 74.6 Å². The lowest BCUT2D eigenvalue weighted by Crippen LogP contribution is -2.26. The van der Waals surface area contributed by atoms with Crippen LogP contribution in [0.25, 0.3) is 0 Å². The van der Waals surface area contributed by atoms with Gasteiger partial charge >= 0.3 is 0 Å². The number of hydrogen-bond donors (Lipinski definition) is 1. The molecular formula is C17H23N3O3. The highest BCUT2D eigenvalue weighted by molar-refractivity contribution is 5.78. The molecule has 1 amide bonds. The minimum absolute atomic E-state index is 0.138. The zero-order valence-corrected chi connectivity index (χ0v) is 13.5. The van der Waals surface area contributed by atoms with Crippen LogP contribution in [0.2, 0.25) is 0 Å². The second-order valence-corrected chi connectivity index (χ2v) is 5.48. The predicted octanol–water partition coefficient (Wildman–Crippen LogP) is 1.70. The summed E-state index contributed by atoms with van der Waals surface area (Å²) in [5.41, 5.74) is 0.874. The zero-order chi connectivity index (χ0) is 16.5. The van der Waals surface area contributed by atoms with Crippen LogP contribution < -0.4 is 14.8 Å². The van der Waals surface area contributed by atoms with E-state index in [1.54, 1.807) is 7.11 Å². The molecule has 2 rings (SSSR count). The minimum Gasteiger partial charge on any atom is -0.497 e. The van der Waals surface area contributed by atoms with Crippen molar-refractivity contribution in [1.82, 2.24) is 10.2 Å². The molecule has 0 radical (unpaired) electrons. The summed E-state index contributed by atoms with van der Waals surface area (Å²) in [5, 5.41) is 11.2. The van der Waals surface area contributed by atoms with Gasteiger partial charge in [0.1, 0.15) is 24.5 Å². The molecule has 0 saturated carbocycles. The standard InChI is InChI=1S/C17H23N3O3/c1-22-15-5-4-14(13-19-17(21)6-7-18)16(12-15)23-11-10-20-8-2-3-9-20/h4-5,12H,2-3,6,8-11,13H2,1H3,(H,19,21). The number of carbonyl (C=O) groups is 1. The van der Waals surface area contributed by atoms with Crippen molar-refractivity contribution in [2.75, 3.05) is 33.4 Å². The number of methoxy groups -OCH3 is 1. The third-order valence-electron chi connectivity index (χ3n) is 3.85. The van der Waals surface area contributed by atoms with Gasteiger partial charge in [-0.1, -0.05) is 0 Å². The summed E-state index contributed by atoms with van der Waals surface area (Å²) in [7, 11) is 1.61. The number of rotatable bonds is 8. The van der Waals surface area contributed by atoms with Crippen LogP contribution in [0.4, 0.5) is 0 Å². The number of nitrogens with zero attached hydrogens (tertiary/aromatic N) is 2. The lowest BCUT2D eigenvalue weighted by Gasteiger charge is -2.17. The molecule has 0 aromatic heterocycles. The van der Waals surface area contributed by atoms with Gasteiger partial charge in [-0.15, -0.1) is 0 Å². The SMILES string of the molecule is COc1ccc(CNC(=O)CC#N)c(OCCN2CCCC2)c1. The van der Waals surface area contributed by atoms with E-state index >= 15 is 0 Å². The molecule has 1 aromatic carbocycles. The Labute approximate surface area is 137 Å². The van der Waals surface area contributed by atoms with E-state index in [0.29, 0.717) is 24.7 Å². The molecular weight excluding hydrogens is 294 g/mol. The van der Waals surface area contributed by atoms with Crippen molar-refractivity contribution in [1.29, 1.82) is 5.26 Å². The van der Waals surface area contributed by atoms with E-state index < -0.39 is 0 Å². The Morgan fingerprint density at radius 3 is 2.87 bits per heavy atom. The van der Waals surface area contributed by atoms with Crippen molar-refractivity contribution >= 4 is 5.91 Å². The summed E-state index contributed by atoms with van der Waals surface area (Å²) in [6.07, 6.45) is 2.38. The van der Waals surface area contributed by atoms with Gasteiger partial charge in [0.25, 0.3) is 0 Å². The van der Waals surface area contributed by atoms with E-state index in [9.17, 15) is 4.79 Å². The molecule has 1 aliphatic heterocycles. The van der Waals surface area contributed by atoms with Crippen LogP contribution in [0.15, 0.2) is 18.2 Å². The Hall–Kier alpha value is -2.26. The second kappa shape index (κ2) is 9.01. The molecule has 124 valence electrons. The second-order valence-electron chi connectivity index (χ2n) is 5.48. The first kappa shape index (κ1) is 17.1. The number of nitrogens with one attached hydrogen (secondary N) is 1. The number of ether oxygens (including phenoxy) is 2. The Morgan fingerprint density at radius 2 is 2.17 bits per heavy atom. The van der Waals surface area contributed by atoms with Crippen LogP contribution in [0.3, 0.4) is 0 Å². The third kappa shape index (κ3) is 5.46. The lowest BCUT2D eigenvalue weighted by molar-refractivity contribution is -0.120. The van der Waals surface area contributed by atoms with Crippen LogP contribution in [0.1, 0.15) is 24.8 Å². The first-order chi connectivity index (χ1) is 11.2. The monoisotopic (exact) mass is 317 g/mol. The van der Waals surface area contributed by atoms with Crippen LogP contribution in [0, 0.1) is 11.3 Å². The maximum atomic E-state index is 11.4. The molecule has 6 nitrogen and oxygen atoms in total. The summed E-state index contributed by atoms with van der Waals surface area (Å²) in [5.74, 6) is 1.14. The van der Waals surface area contributed by atoms with Gasteiger partial charge in [-0.2, -0.15) is 5.26 Å². The fourth-order valence-corrected chi connectivity index (χ4v) is 2.56. The Kier molecular flexibility index (Phi) is 6.70. The molecule has 6 heteroatoms. The van der Waals surface area contributed by atoms with E-state index in [-0.39, 0.29) is 12.3 Å². The summed E-state index contributed by atoms with van der Waals surface area (Å²) >= 11 is 0. The molecule has 1 saturated heterocycles. The maximum Gasteiger partial charge on any atom is 0.234 e. The molecule has 1 fully saturated rings. The van der Waals surface area contributed by atoms with E-state index in [1.165, 1.54) is 12.8 Å². The highest BCUT2D eigenvalue weighted by Gasteiger charge is 2.12. The highest BCUT2D eigenvalue weighted by atomic mass is 16.5. The quantitative estimate of drug-likeness (QED) is 0.790. The molecule has 23 heavy (non-hydrogen) atoms. The van der Waals surface area contributed by atoms with Crippen molar-refractivity contribution < 1.29 is 14.3 Å². The van der Waals surface area contributed by atoms with Crippen molar-refractivity contribution in [3.05, 3.63) is 23.8 Å². The van der Waals surface area contributed by atoms with Crippen molar-refractivity contribution in [3.63, 3.8) is 0 Å². The molecule has 0 unspecified atom stereocenters. The van der Waals surface area contributed by atoms with Crippen LogP contribution in [-0.2, 0) is 11.3 Å². The maximum absolute atomic E-state index is 11.4. The van der Waals surface area contributed by atoms with E-state index in [4.69, 9.17) is 14.7 Å². The van der Waals surface area contributed by atoms with E-state index in [0.717, 1.165) is 25.2 Å². The zero-order valence-electron chi connectivity index (χ0n) is 13.5. The van der Waals surface area contributed by atoms with E-state index in [2.05, 4.69) is 10.2 Å². The number of amides is 1. The first-order valence-electron chi connectivity index (χ1n) is 7.88. The fourth-order valence-electron chi connectivity index (χ4n) is 2.56. The Balaban J connectivity index is 1.93. The molecule has 0 atom stereocenters. The van der Waals surface area contributed by atoms with Gasteiger partial charge in [0.15, 0.2) is 0 Å². The van der Waals surface area contributed by atoms with Crippen molar-refractivity contribution in [2.24, 2.45) is 0 Å². The van der Waals surface area contributed by atoms with Gasteiger partial charge in [-0.25, -0.2) is 0 Å². The van der Waals surface area contributed by atoms with Crippen LogP contribution >= 0.6 is 0 Å². The highest BCUT2D eigenvalue weighted by Crippen LogP contribution is 2.25. The Bertz CT molecular complexity index is 563. The average molecular weight is 317 g/mol. The van der Waals surface area contributed by atoms with Gasteiger partial charge in [0.05, 0.1) is 13.2 Å². The minimum atomic E-state index is -0.286. The lowest BCUT2D eigenvalue weighted by atomic mass is 10.2. The number of carbonyl (C=O) groups excluding carboxylic acids is 1. The van der Waals surface area contributed by atoms with Crippen LogP contribution in [0.5, 0.6) is 11.5 Å². The molecule has 1 aliphatic rings. The third-order valence-corrected chi connectivity index (χ3v) is 3.85. The molecule has 0 spiro atoms. The molecule has 0 bridgehead atoms. The molecule has 1 aromatic rings. The van der Waals surface area contributed by atoms with Gasteiger partial charge < -0.3 is 14.8 Å². The van der Waals surface area contributed by atoms with Gasteiger partial charge in [0, 0.05) is 24.7 Å². The molecule has 1 heterocycles. The summed E-state index contributed by atoms with van der Waals surface area (Å²) in [6, 6.07) is 7.37. The van der Waals surface area contributed by atoms with Crippen molar-refractivity contribution in [3.8, 4) is 17.6 Å². The number of nitriles is 1. The predicted molar refractivity (Wildman–Crippen MR) is 86.2 cm³/mol. The normalized spacial score (nSPS) is 14.3. The largest absolute Gasteiger partial charge is 0.497 e. The summed E-state index contributed by atoms with van der Waals surface area (Å²) in [6.45, 7) is 4.12. The number of benzene rings is 1. The number of likely N-dealkylation sites (tertiary alicyclic amines) is 1. The first-order valence-corrected chi connectivity index (χ1v) is 7.88. The van der Waals surface area contributed by atoms with Gasteiger partial charge in [-0.3, -0.25) is 9.69 Å². The van der Waals surface area contributed by atoms with Crippen LogP contribution in [-0.4, -0.2) is 44.2 Å². The summed E-state index contributed by atoms with van der Waals surface area (Å²) in [4.78, 5) is 13.8. The van der Waals surface area contributed by atoms with Gasteiger partial charge in [0.2, 0.25) is 5.91 Å². The van der Waals surface area contributed by atoms with Gasteiger partial charge in [-0.05, 0) is 38.1 Å². The smallest absolute Gasteiger partial charge is 0.234 e.